The first kappa shape index (κ1) is 12.2. The second-order valence-corrected chi connectivity index (χ2v) is 3.69. The van der Waals surface area contributed by atoms with E-state index < -0.39 is 0 Å². The van der Waals surface area contributed by atoms with E-state index in [1.807, 2.05) is 6.92 Å². The summed E-state index contributed by atoms with van der Waals surface area (Å²) >= 11 is 0. The van der Waals surface area contributed by atoms with Crippen LogP contribution in [0.1, 0.15) is 39.0 Å². The Kier molecular flexibility index (Phi) is 5.32. The molecule has 0 aromatic rings. The topological polar surface area (TPSA) is 52.6 Å². The van der Waals surface area contributed by atoms with Gasteiger partial charge in [-0.15, -0.1) is 0 Å². The van der Waals surface area contributed by atoms with Gasteiger partial charge in [-0.25, -0.2) is 0 Å². The van der Waals surface area contributed by atoms with Gasteiger partial charge in [0.15, 0.2) is 5.78 Å². The van der Waals surface area contributed by atoms with E-state index in [4.69, 9.17) is 9.47 Å². The van der Waals surface area contributed by atoms with Crippen molar-refractivity contribution >= 4 is 11.8 Å². The summed E-state index contributed by atoms with van der Waals surface area (Å²) < 4.78 is 10.1. The molecule has 15 heavy (non-hydrogen) atoms. The maximum absolute atomic E-state index is 11.5. The van der Waals surface area contributed by atoms with Crippen LogP contribution >= 0.6 is 0 Å². The molecule has 1 heterocycles. The molecule has 86 valence electrons. The minimum atomic E-state index is -0.289. The van der Waals surface area contributed by atoms with E-state index >= 15 is 0 Å². The van der Waals surface area contributed by atoms with E-state index in [9.17, 15) is 9.59 Å². The molecule has 0 aromatic carbocycles. The molecule has 1 aliphatic rings. The van der Waals surface area contributed by atoms with Crippen molar-refractivity contribution in [3.05, 3.63) is 0 Å². The zero-order chi connectivity index (χ0) is 11.1. The van der Waals surface area contributed by atoms with Crippen molar-refractivity contribution in [3.63, 3.8) is 0 Å². The molecule has 0 aliphatic carbocycles. The third-order valence-electron chi connectivity index (χ3n) is 2.33. The fourth-order valence-corrected chi connectivity index (χ4v) is 1.51. The van der Waals surface area contributed by atoms with E-state index in [2.05, 4.69) is 0 Å². The maximum atomic E-state index is 11.5. The van der Waals surface area contributed by atoms with Gasteiger partial charge in [0.25, 0.3) is 0 Å². The molecule has 1 saturated heterocycles. The first-order chi connectivity index (χ1) is 7.24. The normalized spacial score (nSPS) is 20.2. The Bertz CT molecular complexity index is 219. The first-order valence-electron chi connectivity index (χ1n) is 5.54. The molecule has 1 aliphatic heterocycles. The molecule has 0 amide bonds. The number of Topliss-reactive ketones (excluding diaryl/α,β-unsaturated/α-hetero) is 1. The fraction of sp³-hybridized carbons (Fsp3) is 0.818. The average Bonchev–Trinajstić information content (AvgIpc) is 2.76. The smallest absolute Gasteiger partial charge is 0.306 e. The minimum absolute atomic E-state index is 0.0287. The molecule has 0 radical (unpaired) electrons. The lowest BCUT2D eigenvalue weighted by Gasteiger charge is -2.07. The zero-order valence-corrected chi connectivity index (χ0v) is 9.16. The molecule has 1 atom stereocenters. The number of hydrogen-bond acceptors (Lipinski definition) is 4. The van der Waals surface area contributed by atoms with E-state index in [1.54, 1.807) is 0 Å². The lowest BCUT2D eigenvalue weighted by Crippen LogP contribution is -2.20. The molecule has 1 unspecified atom stereocenters. The first-order valence-corrected chi connectivity index (χ1v) is 5.54. The highest BCUT2D eigenvalue weighted by Gasteiger charge is 2.23. The van der Waals surface area contributed by atoms with Crippen molar-refractivity contribution in [1.29, 1.82) is 0 Å². The minimum Gasteiger partial charge on any atom is -0.466 e. The van der Waals surface area contributed by atoms with Crippen LogP contribution in [0.2, 0.25) is 0 Å². The van der Waals surface area contributed by atoms with Crippen LogP contribution in [0.15, 0.2) is 0 Å². The lowest BCUT2D eigenvalue weighted by molar-refractivity contribution is -0.145. The summed E-state index contributed by atoms with van der Waals surface area (Å²) in [5, 5.41) is 0. The number of carbonyl (C=O) groups excluding carboxylic acids is 2. The van der Waals surface area contributed by atoms with Crippen LogP contribution in [0.3, 0.4) is 0 Å². The summed E-state index contributed by atoms with van der Waals surface area (Å²) in [6.45, 7) is 3.04. The van der Waals surface area contributed by atoms with Gasteiger partial charge >= 0.3 is 5.97 Å². The zero-order valence-electron chi connectivity index (χ0n) is 9.16. The molecule has 0 aromatic heterocycles. The van der Waals surface area contributed by atoms with E-state index in [1.165, 1.54) is 0 Å². The Balaban J connectivity index is 2.12. The third-order valence-corrected chi connectivity index (χ3v) is 2.33. The van der Waals surface area contributed by atoms with Crippen molar-refractivity contribution in [2.24, 2.45) is 0 Å². The molecule has 0 N–H and O–H groups in total. The van der Waals surface area contributed by atoms with Crippen LogP contribution < -0.4 is 0 Å². The Hall–Kier alpha value is -0.900. The third kappa shape index (κ3) is 4.42. The van der Waals surface area contributed by atoms with Crippen LogP contribution in [-0.2, 0) is 19.1 Å². The molecular weight excluding hydrogens is 196 g/mol. The Morgan fingerprint density at radius 1 is 1.40 bits per heavy atom. The Labute approximate surface area is 89.9 Å². The lowest BCUT2D eigenvalue weighted by atomic mass is 10.1. The van der Waals surface area contributed by atoms with Gasteiger partial charge in [-0.2, -0.15) is 0 Å². The largest absolute Gasteiger partial charge is 0.466 e. The second kappa shape index (κ2) is 6.56. The van der Waals surface area contributed by atoms with E-state index in [0.717, 1.165) is 19.3 Å². The van der Waals surface area contributed by atoms with Gasteiger partial charge in [0.1, 0.15) is 6.10 Å². The second-order valence-electron chi connectivity index (χ2n) is 3.69. The molecular formula is C11H18O4. The van der Waals surface area contributed by atoms with Gasteiger partial charge in [0.2, 0.25) is 0 Å². The molecule has 1 rings (SSSR count). The maximum Gasteiger partial charge on any atom is 0.306 e. The predicted molar refractivity (Wildman–Crippen MR) is 54.5 cm³/mol. The highest BCUT2D eigenvalue weighted by atomic mass is 16.5. The Morgan fingerprint density at radius 2 is 2.20 bits per heavy atom. The fourth-order valence-electron chi connectivity index (χ4n) is 1.51. The summed E-state index contributed by atoms with van der Waals surface area (Å²) in [6.07, 6.45) is 2.70. The molecule has 4 nitrogen and oxygen atoms in total. The number of hydrogen-bond donors (Lipinski definition) is 0. The van der Waals surface area contributed by atoms with Crippen LogP contribution in [-0.4, -0.2) is 31.1 Å². The van der Waals surface area contributed by atoms with Gasteiger partial charge < -0.3 is 9.47 Å². The molecule has 1 fully saturated rings. The van der Waals surface area contributed by atoms with Gasteiger partial charge in [0, 0.05) is 13.0 Å². The van der Waals surface area contributed by atoms with Crippen LogP contribution in [0.5, 0.6) is 0 Å². The van der Waals surface area contributed by atoms with Gasteiger partial charge in [-0.3, -0.25) is 9.59 Å². The van der Waals surface area contributed by atoms with Crippen molar-refractivity contribution in [1.82, 2.24) is 0 Å². The van der Waals surface area contributed by atoms with Crippen LogP contribution in [0, 0.1) is 0 Å². The van der Waals surface area contributed by atoms with E-state index in [0.29, 0.717) is 13.2 Å². The van der Waals surface area contributed by atoms with Crippen molar-refractivity contribution < 1.29 is 19.1 Å². The quantitative estimate of drug-likeness (QED) is 0.628. The monoisotopic (exact) mass is 214 g/mol. The summed E-state index contributed by atoms with van der Waals surface area (Å²) in [6, 6.07) is 0. The molecule has 4 heteroatoms. The van der Waals surface area contributed by atoms with Gasteiger partial charge in [-0.1, -0.05) is 6.92 Å². The van der Waals surface area contributed by atoms with E-state index in [-0.39, 0.29) is 30.7 Å². The summed E-state index contributed by atoms with van der Waals surface area (Å²) in [5.74, 6) is -0.260. The Morgan fingerprint density at radius 3 is 2.80 bits per heavy atom. The number of ether oxygens (including phenoxy) is 2. The SMILES string of the molecule is CCCOC(=O)CCC(=O)C1CCCO1. The number of esters is 1. The summed E-state index contributed by atoms with van der Waals surface area (Å²) in [7, 11) is 0. The van der Waals surface area contributed by atoms with Crippen molar-refractivity contribution in [3.8, 4) is 0 Å². The summed E-state index contributed by atoms with van der Waals surface area (Å²) in [4.78, 5) is 22.6. The van der Waals surface area contributed by atoms with Gasteiger partial charge in [-0.05, 0) is 19.3 Å². The highest BCUT2D eigenvalue weighted by Crippen LogP contribution is 2.15. The van der Waals surface area contributed by atoms with Crippen molar-refractivity contribution in [2.45, 2.75) is 45.1 Å². The molecule has 0 saturated carbocycles. The molecule has 0 spiro atoms. The standard InChI is InChI=1S/C11H18O4/c1-2-7-15-11(13)6-5-9(12)10-4-3-8-14-10/h10H,2-8H2,1H3. The number of ketones is 1. The number of rotatable bonds is 6. The van der Waals surface area contributed by atoms with Crippen molar-refractivity contribution in [2.75, 3.05) is 13.2 Å². The van der Waals surface area contributed by atoms with Gasteiger partial charge in [0.05, 0.1) is 13.0 Å². The van der Waals surface area contributed by atoms with Crippen LogP contribution in [0.4, 0.5) is 0 Å². The molecule has 0 bridgehead atoms. The summed E-state index contributed by atoms with van der Waals surface area (Å²) in [5.41, 5.74) is 0. The van der Waals surface area contributed by atoms with Crippen LogP contribution in [0.25, 0.3) is 0 Å². The predicted octanol–water partition coefficient (Wildman–Crippen LogP) is 1.47. The highest BCUT2D eigenvalue weighted by molar-refractivity contribution is 5.86. The average molecular weight is 214 g/mol. The number of carbonyl (C=O) groups is 2.